The van der Waals surface area contributed by atoms with Gasteiger partial charge in [0, 0.05) is 85.7 Å². The number of likely N-dealkylation sites (tertiary alicyclic amines) is 1. The second-order valence-electron chi connectivity index (χ2n) is 22.9. The number of hydrogen-bond donors (Lipinski definition) is 3. The maximum atomic E-state index is 13.5. The predicted octanol–water partition coefficient (Wildman–Crippen LogP) is 20.3. The molecular formula is C68H110N5O4+. The molecule has 9 heteroatoms. The highest BCUT2D eigenvalue weighted by Gasteiger charge is 2.41. The maximum absolute atomic E-state index is 13.5. The SMILES string of the molecule is CCCCCCCCCCCCCCC(=O)Nc1ccc([N+](CN2CCCC2=O)(c2ccc(NC(=O)CCCCCCCCCCCCCC)cc2)c2ccc(NC(=O)CCCCCCCCCCCCCC)cc2)cc1. The number of carbonyl (C=O) groups is 4. The number of nitrogens with one attached hydrogen (secondary N) is 3. The normalized spacial score (nSPS) is 12.6. The third-order valence-electron chi connectivity index (χ3n) is 16.1. The molecule has 1 fully saturated rings. The van der Waals surface area contributed by atoms with E-state index in [2.05, 4.69) is 73.1 Å². The number of benzene rings is 3. The molecule has 4 amide bonds. The van der Waals surface area contributed by atoms with Crippen LogP contribution in [-0.2, 0) is 19.2 Å². The Morgan fingerprint density at radius 3 is 0.818 bits per heavy atom. The van der Waals surface area contributed by atoms with Crippen molar-refractivity contribution >= 4 is 57.8 Å². The van der Waals surface area contributed by atoms with Gasteiger partial charge in [0.25, 0.3) is 0 Å². The summed E-state index contributed by atoms with van der Waals surface area (Å²) in [7, 11) is 0. The monoisotopic (exact) mass is 1060 g/mol. The van der Waals surface area contributed by atoms with Gasteiger partial charge in [-0.15, -0.1) is 0 Å². The largest absolute Gasteiger partial charge is 0.326 e. The Balaban J connectivity index is 1.41. The van der Waals surface area contributed by atoms with Gasteiger partial charge in [-0.2, -0.15) is 0 Å². The second kappa shape index (κ2) is 41.5. The Bertz CT molecular complexity index is 1790. The molecule has 0 aromatic heterocycles. The molecule has 0 spiro atoms. The fourth-order valence-corrected chi connectivity index (χ4v) is 11.2. The van der Waals surface area contributed by atoms with Gasteiger partial charge in [-0.25, -0.2) is 4.48 Å². The van der Waals surface area contributed by atoms with Crippen molar-refractivity contribution in [1.29, 1.82) is 0 Å². The number of rotatable bonds is 47. The van der Waals surface area contributed by atoms with Crippen LogP contribution in [0.2, 0.25) is 0 Å². The van der Waals surface area contributed by atoms with Crippen LogP contribution in [-0.4, -0.2) is 41.7 Å². The molecule has 3 aromatic carbocycles. The van der Waals surface area contributed by atoms with Crippen molar-refractivity contribution in [1.82, 2.24) is 9.38 Å². The average molecular weight is 1060 g/mol. The van der Waals surface area contributed by atoms with Crippen LogP contribution in [0.15, 0.2) is 72.8 Å². The van der Waals surface area contributed by atoms with Crippen LogP contribution >= 0.6 is 0 Å². The van der Waals surface area contributed by atoms with E-state index in [9.17, 15) is 19.2 Å². The van der Waals surface area contributed by atoms with Crippen LogP contribution in [0.1, 0.15) is 284 Å². The van der Waals surface area contributed by atoms with Gasteiger partial charge >= 0.3 is 0 Å². The van der Waals surface area contributed by atoms with Gasteiger partial charge in [-0.3, -0.25) is 24.1 Å². The second-order valence-corrected chi connectivity index (χ2v) is 22.9. The minimum absolute atomic E-state index is 0.0288. The van der Waals surface area contributed by atoms with Gasteiger partial charge in [0.15, 0.2) is 6.67 Å². The van der Waals surface area contributed by atoms with E-state index in [0.29, 0.717) is 38.9 Å². The minimum atomic E-state index is 0.0288. The Labute approximate surface area is 470 Å². The Morgan fingerprint density at radius 2 is 0.597 bits per heavy atom. The summed E-state index contributed by atoms with van der Waals surface area (Å²) in [5.74, 6) is 0.209. The van der Waals surface area contributed by atoms with Crippen molar-refractivity contribution in [3.63, 3.8) is 0 Å². The standard InChI is InChI=1S/C68H109N5O4/c1-4-7-10-13-16-19-22-25-28-31-34-37-41-65(74)69-59-45-51-62(52-46-59)73(58-72-57-40-44-68(72)77,63-53-47-60(48-54-63)70-66(75)42-38-35-32-29-26-23-20-17-14-11-8-5-2)64-55-49-61(50-56-64)71-67(76)43-39-36-33-30-27-24-21-18-15-12-9-6-3/h45-56H,4-44,57-58H2,1-3H3,(H2-,69,70,71,74,75,76)/p+1. The van der Waals surface area contributed by atoms with Crippen LogP contribution in [0.4, 0.5) is 34.1 Å². The van der Waals surface area contributed by atoms with Crippen LogP contribution in [0.5, 0.6) is 0 Å². The molecule has 1 aliphatic heterocycles. The van der Waals surface area contributed by atoms with E-state index in [1.165, 1.54) is 193 Å². The van der Waals surface area contributed by atoms with E-state index in [-0.39, 0.29) is 28.1 Å². The van der Waals surface area contributed by atoms with Crippen LogP contribution in [0, 0.1) is 0 Å². The molecule has 3 N–H and O–H groups in total. The number of amides is 4. The highest BCUT2D eigenvalue weighted by atomic mass is 16.2. The lowest BCUT2D eigenvalue weighted by molar-refractivity contribution is -0.128. The molecule has 1 heterocycles. The zero-order valence-corrected chi connectivity index (χ0v) is 49.4. The highest BCUT2D eigenvalue weighted by molar-refractivity contribution is 5.93. The molecule has 1 saturated heterocycles. The number of nitrogens with zero attached hydrogens (tertiary/aromatic N) is 2. The fraction of sp³-hybridized carbons (Fsp3) is 0.676. The summed E-state index contributed by atoms with van der Waals surface area (Å²) in [6.07, 6.45) is 48.1. The van der Waals surface area contributed by atoms with Gasteiger partial charge in [0.2, 0.25) is 23.6 Å². The van der Waals surface area contributed by atoms with Crippen LogP contribution in [0.25, 0.3) is 0 Å². The summed E-state index contributed by atoms with van der Waals surface area (Å²) < 4.78 is 0.193. The third kappa shape index (κ3) is 27.3. The molecule has 0 aliphatic carbocycles. The Morgan fingerprint density at radius 1 is 0.364 bits per heavy atom. The molecule has 4 rings (SSSR count). The number of hydrogen-bond acceptors (Lipinski definition) is 4. The van der Waals surface area contributed by atoms with Crippen molar-refractivity contribution in [2.24, 2.45) is 0 Å². The maximum Gasteiger partial charge on any atom is 0.226 e. The lowest BCUT2D eigenvalue weighted by atomic mass is 10.0. The van der Waals surface area contributed by atoms with Gasteiger partial charge in [0.05, 0.1) is 0 Å². The first-order valence-corrected chi connectivity index (χ1v) is 32.2. The van der Waals surface area contributed by atoms with E-state index < -0.39 is 0 Å². The zero-order valence-electron chi connectivity index (χ0n) is 49.4. The van der Waals surface area contributed by atoms with E-state index in [4.69, 9.17) is 0 Å². The molecule has 0 radical (unpaired) electrons. The lowest BCUT2D eigenvalue weighted by Gasteiger charge is -2.40. The van der Waals surface area contributed by atoms with Crippen LogP contribution < -0.4 is 20.4 Å². The van der Waals surface area contributed by atoms with Crippen molar-refractivity contribution in [2.45, 2.75) is 284 Å². The summed E-state index contributed by atoms with van der Waals surface area (Å²) in [6, 6.07) is 24.2. The molecule has 9 nitrogen and oxygen atoms in total. The topological polar surface area (TPSA) is 108 Å². The molecule has 77 heavy (non-hydrogen) atoms. The van der Waals surface area contributed by atoms with Gasteiger partial charge < -0.3 is 16.0 Å². The number of anilines is 3. The van der Waals surface area contributed by atoms with E-state index in [0.717, 1.165) is 79.1 Å². The van der Waals surface area contributed by atoms with Gasteiger partial charge in [0.1, 0.15) is 17.1 Å². The fourth-order valence-electron chi connectivity index (χ4n) is 11.2. The first-order valence-electron chi connectivity index (χ1n) is 32.2. The number of unbranched alkanes of at least 4 members (excludes halogenated alkanes) is 33. The first kappa shape index (κ1) is 65.0. The smallest absolute Gasteiger partial charge is 0.226 e. The molecule has 0 saturated carbocycles. The Hall–Kier alpha value is -4.50. The summed E-state index contributed by atoms with van der Waals surface area (Å²) in [6.45, 7) is 7.82. The molecule has 0 bridgehead atoms. The third-order valence-corrected chi connectivity index (χ3v) is 16.1. The molecule has 3 aromatic rings. The van der Waals surface area contributed by atoms with Crippen molar-refractivity contribution in [2.75, 3.05) is 29.2 Å². The summed E-state index contributed by atoms with van der Waals surface area (Å²) in [5.41, 5.74) is 5.00. The number of quaternary nitrogens is 1. The number of carbonyl (C=O) groups excluding carboxylic acids is 4. The molecule has 0 atom stereocenters. The van der Waals surface area contributed by atoms with E-state index >= 15 is 0 Å². The average Bonchev–Trinajstić information content (AvgIpc) is 3.96. The van der Waals surface area contributed by atoms with Crippen LogP contribution in [0.3, 0.4) is 0 Å². The van der Waals surface area contributed by atoms with E-state index in [1.54, 1.807) is 0 Å². The molecule has 0 unspecified atom stereocenters. The zero-order chi connectivity index (χ0) is 54.9. The van der Waals surface area contributed by atoms with Crippen molar-refractivity contribution in [3.8, 4) is 0 Å². The summed E-state index contributed by atoms with van der Waals surface area (Å²) in [4.78, 5) is 55.1. The van der Waals surface area contributed by atoms with Crippen molar-refractivity contribution < 1.29 is 19.2 Å². The minimum Gasteiger partial charge on any atom is -0.326 e. The summed E-state index contributed by atoms with van der Waals surface area (Å²) in [5, 5.41) is 9.47. The van der Waals surface area contributed by atoms with E-state index in [1.807, 2.05) is 41.3 Å². The highest BCUT2D eigenvalue weighted by Crippen LogP contribution is 2.46. The van der Waals surface area contributed by atoms with Gasteiger partial charge in [-0.05, 0) is 62.1 Å². The molecule has 1 aliphatic rings. The first-order chi connectivity index (χ1) is 37.8. The van der Waals surface area contributed by atoms with Crippen molar-refractivity contribution in [3.05, 3.63) is 72.8 Å². The lowest BCUT2D eigenvalue weighted by Crippen LogP contribution is -2.48. The quantitative estimate of drug-likeness (QED) is 0.0387. The summed E-state index contributed by atoms with van der Waals surface area (Å²) >= 11 is 0. The Kier molecular flexibility index (Phi) is 35.1. The van der Waals surface area contributed by atoms with Gasteiger partial charge in [-0.1, -0.05) is 233 Å². The molecular weight excluding hydrogens is 951 g/mol. The molecule has 430 valence electrons. The predicted molar refractivity (Wildman–Crippen MR) is 329 cm³/mol.